The molecule has 3 nitrogen and oxygen atoms in total. The van der Waals surface area contributed by atoms with E-state index in [1.807, 2.05) is 17.7 Å². The molecule has 0 saturated carbocycles. The van der Waals surface area contributed by atoms with E-state index in [1.165, 1.54) is 0 Å². The second kappa shape index (κ2) is 5.66. The van der Waals surface area contributed by atoms with E-state index >= 15 is 0 Å². The Morgan fingerprint density at radius 3 is 2.93 bits per heavy atom. The first-order valence-corrected chi connectivity index (χ1v) is 5.38. The number of rotatable bonds is 5. The predicted molar refractivity (Wildman–Crippen MR) is 56.3 cm³/mol. The van der Waals surface area contributed by atoms with Gasteiger partial charge in [-0.1, -0.05) is 0 Å². The first kappa shape index (κ1) is 11.1. The highest BCUT2D eigenvalue weighted by atomic mass is 35.5. The van der Waals surface area contributed by atoms with E-state index in [2.05, 4.69) is 11.2 Å². The Hall–Kier alpha value is -1.01. The Morgan fingerprint density at radius 2 is 2.36 bits per heavy atom. The lowest BCUT2D eigenvalue weighted by atomic mass is 10.2. The van der Waals surface area contributed by atoms with E-state index in [4.69, 9.17) is 16.9 Å². The van der Waals surface area contributed by atoms with Gasteiger partial charge in [-0.15, -0.1) is 11.6 Å². The molecule has 0 aliphatic heterocycles. The minimum atomic E-state index is 0.507. The lowest BCUT2D eigenvalue weighted by molar-refractivity contribution is 0.606. The van der Waals surface area contributed by atoms with Crippen LogP contribution in [-0.2, 0) is 13.0 Å². The summed E-state index contributed by atoms with van der Waals surface area (Å²) in [5, 5.41) is 12.8. The standard InChI is InChI=1S/C10H14ClN3/c1-2-14-10(5-3-4-6-11)7-9(8-12)13-14/h7H,2-6H2,1H3. The number of hydrogen-bond donors (Lipinski definition) is 0. The summed E-state index contributed by atoms with van der Waals surface area (Å²) < 4.78 is 1.88. The van der Waals surface area contributed by atoms with Crippen molar-refractivity contribution in [1.82, 2.24) is 9.78 Å². The van der Waals surface area contributed by atoms with Crippen molar-refractivity contribution in [2.45, 2.75) is 32.7 Å². The van der Waals surface area contributed by atoms with E-state index in [9.17, 15) is 0 Å². The number of aromatic nitrogens is 2. The Morgan fingerprint density at radius 1 is 1.57 bits per heavy atom. The zero-order chi connectivity index (χ0) is 10.4. The average Bonchev–Trinajstić information content (AvgIpc) is 2.61. The summed E-state index contributed by atoms with van der Waals surface area (Å²) in [7, 11) is 0. The lowest BCUT2D eigenvalue weighted by Gasteiger charge is -2.02. The summed E-state index contributed by atoms with van der Waals surface area (Å²) in [4.78, 5) is 0. The Balaban J connectivity index is 2.65. The van der Waals surface area contributed by atoms with Crippen LogP contribution in [0.2, 0.25) is 0 Å². The molecule has 0 radical (unpaired) electrons. The van der Waals surface area contributed by atoms with Crippen LogP contribution in [0.25, 0.3) is 0 Å². The summed E-state index contributed by atoms with van der Waals surface area (Å²) in [6.45, 7) is 2.84. The van der Waals surface area contributed by atoms with Crippen molar-refractivity contribution < 1.29 is 0 Å². The van der Waals surface area contributed by atoms with Crippen LogP contribution < -0.4 is 0 Å². The molecular weight excluding hydrogens is 198 g/mol. The SMILES string of the molecule is CCn1nc(C#N)cc1CCCCCl. The van der Waals surface area contributed by atoms with Gasteiger partial charge >= 0.3 is 0 Å². The van der Waals surface area contributed by atoms with Crippen LogP contribution in [0.4, 0.5) is 0 Å². The molecule has 0 aliphatic rings. The van der Waals surface area contributed by atoms with E-state index in [0.717, 1.165) is 31.5 Å². The van der Waals surface area contributed by atoms with E-state index in [1.54, 1.807) is 0 Å². The highest BCUT2D eigenvalue weighted by Gasteiger charge is 2.05. The number of aryl methyl sites for hydroxylation is 2. The molecule has 0 spiro atoms. The maximum Gasteiger partial charge on any atom is 0.162 e. The van der Waals surface area contributed by atoms with Gasteiger partial charge < -0.3 is 0 Å². The highest BCUT2D eigenvalue weighted by Crippen LogP contribution is 2.08. The third-order valence-corrected chi connectivity index (χ3v) is 2.36. The van der Waals surface area contributed by atoms with Crippen molar-refractivity contribution in [2.24, 2.45) is 0 Å². The van der Waals surface area contributed by atoms with Gasteiger partial charge in [0.1, 0.15) is 6.07 Å². The number of halogens is 1. The zero-order valence-electron chi connectivity index (χ0n) is 8.33. The molecule has 14 heavy (non-hydrogen) atoms. The fourth-order valence-electron chi connectivity index (χ4n) is 1.39. The van der Waals surface area contributed by atoms with Gasteiger partial charge in [-0.05, 0) is 32.3 Å². The normalized spacial score (nSPS) is 10.1. The molecule has 1 aromatic rings. The van der Waals surface area contributed by atoms with E-state index in [0.29, 0.717) is 11.6 Å². The molecule has 0 fully saturated rings. The van der Waals surface area contributed by atoms with Gasteiger partial charge in [0.2, 0.25) is 0 Å². The molecule has 0 N–H and O–H groups in total. The van der Waals surface area contributed by atoms with Crippen molar-refractivity contribution in [3.8, 4) is 6.07 Å². The van der Waals surface area contributed by atoms with Crippen LogP contribution >= 0.6 is 11.6 Å². The average molecular weight is 212 g/mol. The van der Waals surface area contributed by atoms with Gasteiger partial charge in [-0.2, -0.15) is 10.4 Å². The fourth-order valence-corrected chi connectivity index (χ4v) is 1.57. The molecule has 0 saturated heterocycles. The molecular formula is C10H14ClN3. The quantitative estimate of drug-likeness (QED) is 0.554. The molecule has 1 rings (SSSR count). The van der Waals surface area contributed by atoms with Crippen LogP contribution in [0.5, 0.6) is 0 Å². The number of hydrogen-bond acceptors (Lipinski definition) is 2. The van der Waals surface area contributed by atoms with Crippen LogP contribution in [0.15, 0.2) is 6.07 Å². The van der Waals surface area contributed by atoms with Crippen molar-refractivity contribution in [2.75, 3.05) is 5.88 Å². The maximum atomic E-state index is 8.70. The number of unbranched alkanes of at least 4 members (excludes halogenated alkanes) is 1. The summed E-state index contributed by atoms with van der Waals surface area (Å²) in [6.07, 6.45) is 3.02. The maximum absolute atomic E-state index is 8.70. The first-order chi connectivity index (χ1) is 6.81. The van der Waals surface area contributed by atoms with Gasteiger partial charge in [0.25, 0.3) is 0 Å². The molecule has 0 bridgehead atoms. The summed E-state index contributed by atoms with van der Waals surface area (Å²) >= 11 is 5.60. The van der Waals surface area contributed by atoms with Gasteiger partial charge in [-0.3, -0.25) is 4.68 Å². The highest BCUT2D eigenvalue weighted by molar-refractivity contribution is 6.17. The van der Waals surface area contributed by atoms with Gasteiger partial charge in [0, 0.05) is 18.1 Å². The monoisotopic (exact) mass is 211 g/mol. The fraction of sp³-hybridized carbons (Fsp3) is 0.600. The van der Waals surface area contributed by atoms with Crippen LogP contribution in [-0.4, -0.2) is 15.7 Å². The Bertz CT molecular complexity index is 325. The van der Waals surface area contributed by atoms with Crippen molar-refractivity contribution in [1.29, 1.82) is 5.26 Å². The van der Waals surface area contributed by atoms with E-state index < -0.39 is 0 Å². The largest absolute Gasteiger partial charge is 0.269 e. The molecule has 0 aliphatic carbocycles. The molecule has 1 aromatic heterocycles. The van der Waals surface area contributed by atoms with Crippen molar-refractivity contribution in [3.05, 3.63) is 17.5 Å². The zero-order valence-corrected chi connectivity index (χ0v) is 9.09. The number of nitriles is 1. The van der Waals surface area contributed by atoms with Crippen molar-refractivity contribution in [3.63, 3.8) is 0 Å². The third kappa shape index (κ3) is 2.74. The number of alkyl halides is 1. The molecule has 0 unspecified atom stereocenters. The third-order valence-electron chi connectivity index (χ3n) is 2.09. The Labute approximate surface area is 89.3 Å². The molecule has 0 aromatic carbocycles. The van der Waals surface area contributed by atoms with Gasteiger partial charge in [0.05, 0.1) is 0 Å². The first-order valence-electron chi connectivity index (χ1n) is 4.84. The molecule has 76 valence electrons. The minimum absolute atomic E-state index is 0.507. The van der Waals surface area contributed by atoms with Crippen LogP contribution in [0, 0.1) is 11.3 Å². The molecule has 1 heterocycles. The number of nitrogens with zero attached hydrogens (tertiary/aromatic N) is 3. The topological polar surface area (TPSA) is 41.6 Å². The van der Waals surface area contributed by atoms with Crippen LogP contribution in [0.1, 0.15) is 31.2 Å². The molecule has 0 amide bonds. The second-order valence-electron chi connectivity index (χ2n) is 3.09. The minimum Gasteiger partial charge on any atom is -0.269 e. The van der Waals surface area contributed by atoms with Gasteiger partial charge in [0.15, 0.2) is 5.69 Å². The predicted octanol–water partition coefficient (Wildman–Crippen LogP) is 2.34. The van der Waals surface area contributed by atoms with Crippen molar-refractivity contribution >= 4 is 11.6 Å². The summed E-state index contributed by atoms with van der Waals surface area (Å²) in [5.41, 5.74) is 1.64. The molecule has 0 atom stereocenters. The second-order valence-corrected chi connectivity index (χ2v) is 3.47. The summed E-state index contributed by atoms with van der Waals surface area (Å²) in [6, 6.07) is 3.91. The smallest absolute Gasteiger partial charge is 0.162 e. The molecule has 4 heteroatoms. The van der Waals surface area contributed by atoms with E-state index in [-0.39, 0.29) is 0 Å². The Kier molecular flexibility index (Phi) is 4.48. The summed E-state index contributed by atoms with van der Waals surface area (Å²) in [5.74, 6) is 0.700. The lowest BCUT2D eigenvalue weighted by Crippen LogP contribution is -2.02. The van der Waals surface area contributed by atoms with Gasteiger partial charge in [-0.25, -0.2) is 0 Å². The van der Waals surface area contributed by atoms with Crippen LogP contribution in [0.3, 0.4) is 0 Å².